The summed E-state index contributed by atoms with van der Waals surface area (Å²) in [5.74, 6) is 0. The third kappa shape index (κ3) is 2.41. The van der Waals surface area contributed by atoms with Crippen LogP contribution in [0.3, 0.4) is 0 Å². The van der Waals surface area contributed by atoms with E-state index in [9.17, 15) is 0 Å². The smallest absolute Gasteiger partial charge is 0.0622 e. The van der Waals surface area contributed by atoms with Gasteiger partial charge in [0.25, 0.3) is 0 Å². The Balaban J connectivity index is 1.96. The predicted octanol–water partition coefficient (Wildman–Crippen LogP) is 5.09. The Hall–Kier alpha value is -2.59. The van der Waals surface area contributed by atoms with Crippen molar-refractivity contribution < 1.29 is 0 Å². The van der Waals surface area contributed by atoms with E-state index < -0.39 is 0 Å². The van der Waals surface area contributed by atoms with Gasteiger partial charge in [-0.15, -0.1) is 0 Å². The number of anilines is 5. The van der Waals surface area contributed by atoms with Gasteiger partial charge in [0.1, 0.15) is 0 Å². The second-order valence-electron chi connectivity index (χ2n) is 5.73. The Labute approximate surface area is 139 Å². The molecule has 0 aliphatic carbocycles. The summed E-state index contributed by atoms with van der Waals surface area (Å²) in [7, 11) is 0. The number of aryl methyl sites for hydroxylation is 1. The summed E-state index contributed by atoms with van der Waals surface area (Å²) in [6, 6.07) is 20.6. The minimum atomic E-state index is 0.764. The minimum absolute atomic E-state index is 0.764. The van der Waals surface area contributed by atoms with Gasteiger partial charge in [0.15, 0.2) is 0 Å². The first-order valence-corrected chi connectivity index (χ1v) is 8.27. The normalized spacial score (nSPS) is 12.7. The van der Waals surface area contributed by atoms with Crippen molar-refractivity contribution in [3.8, 4) is 0 Å². The molecule has 1 aliphatic heterocycles. The fourth-order valence-corrected chi connectivity index (χ4v) is 3.90. The number of rotatable bonds is 1. The van der Waals surface area contributed by atoms with Gasteiger partial charge in [0, 0.05) is 26.9 Å². The van der Waals surface area contributed by atoms with Crippen LogP contribution in [0.1, 0.15) is 5.56 Å². The van der Waals surface area contributed by atoms with Crippen LogP contribution in [0.5, 0.6) is 0 Å². The van der Waals surface area contributed by atoms with Crippen molar-refractivity contribution in [1.29, 1.82) is 0 Å². The summed E-state index contributed by atoms with van der Waals surface area (Å²) >= 11 is 1.73. The molecule has 0 saturated carbocycles. The lowest BCUT2D eigenvalue weighted by Crippen LogP contribution is -2.15. The van der Waals surface area contributed by atoms with Crippen LogP contribution >= 0.6 is 11.8 Å². The molecule has 0 aromatic heterocycles. The molecule has 4 heteroatoms. The minimum Gasteiger partial charge on any atom is -0.399 e. The Morgan fingerprint density at radius 1 is 0.739 bits per heavy atom. The third-order valence-corrected chi connectivity index (χ3v) is 5.07. The van der Waals surface area contributed by atoms with Crippen molar-refractivity contribution in [2.75, 3.05) is 16.4 Å². The zero-order valence-electron chi connectivity index (χ0n) is 12.8. The van der Waals surface area contributed by atoms with Gasteiger partial charge in [-0.1, -0.05) is 29.5 Å². The first kappa shape index (κ1) is 14.0. The number of benzene rings is 3. The maximum atomic E-state index is 6.03. The van der Waals surface area contributed by atoms with Crippen molar-refractivity contribution in [2.24, 2.45) is 0 Å². The van der Waals surface area contributed by atoms with E-state index in [1.807, 2.05) is 24.3 Å². The van der Waals surface area contributed by atoms with Gasteiger partial charge >= 0.3 is 0 Å². The average molecular weight is 319 g/mol. The largest absolute Gasteiger partial charge is 0.399 e. The number of nitrogen functional groups attached to an aromatic ring is 2. The van der Waals surface area contributed by atoms with E-state index in [1.165, 1.54) is 10.5 Å². The molecule has 4 N–H and O–H groups in total. The molecule has 23 heavy (non-hydrogen) atoms. The van der Waals surface area contributed by atoms with Crippen LogP contribution in [0.25, 0.3) is 0 Å². The van der Waals surface area contributed by atoms with Crippen molar-refractivity contribution >= 4 is 40.2 Å². The quantitative estimate of drug-likeness (QED) is 0.480. The highest BCUT2D eigenvalue weighted by atomic mass is 32.2. The molecule has 3 aromatic carbocycles. The number of nitrogens with two attached hydrogens (primary N) is 2. The molecule has 0 atom stereocenters. The molecule has 0 bridgehead atoms. The SMILES string of the molecule is Cc1ccc(N2c3ccc(N)cc3Sc3ccc(N)cc32)cc1. The predicted molar refractivity (Wildman–Crippen MR) is 98.8 cm³/mol. The van der Waals surface area contributed by atoms with Gasteiger partial charge in [-0.25, -0.2) is 0 Å². The fraction of sp³-hybridized carbons (Fsp3) is 0.0526. The maximum absolute atomic E-state index is 6.03. The summed E-state index contributed by atoms with van der Waals surface area (Å²) in [4.78, 5) is 4.58. The molecule has 0 spiro atoms. The molecule has 0 unspecified atom stereocenters. The Morgan fingerprint density at radius 3 is 2.22 bits per heavy atom. The highest BCUT2D eigenvalue weighted by molar-refractivity contribution is 7.99. The Morgan fingerprint density at radius 2 is 1.43 bits per heavy atom. The molecule has 0 saturated heterocycles. The molecule has 0 fully saturated rings. The van der Waals surface area contributed by atoms with E-state index in [0.717, 1.165) is 33.3 Å². The summed E-state index contributed by atoms with van der Waals surface area (Å²) < 4.78 is 0. The first-order chi connectivity index (χ1) is 11.1. The lowest BCUT2D eigenvalue weighted by Gasteiger charge is -2.33. The Kier molecular flexibility index (Phi) is 3.20. The van der Waals surface area contributed by atoms with Crippen LogP contribution in [-0.2, 0) is 0 Å². The van der Waals surface area contributed by atoms with Gasteiger partial charge in [0.05, 0.1) is 11.4 Å². The molecule has 1 heterocycles. The molecular formula is C19H17N3S. The van der Waals surface area contributed by atoms with Gasteiger partial charge in [-0.3, -0.25) is 0 Å². The van der Waals surface area contributed by atoms with Crippen molar-refractivity contribution in [1.82, 2.24) is 0 Å². The van der Waals surface area contributed by atoms with Crippen molar-refractivity contribution in [2.45, 2.75) is 16.7 Å². The molecule has 114 valence electrons. The van der Waals surface area contributed by atoms with E-state index in [-0.39, 0.29) is 0 Å². The molecule has 3 nitrogen and oxygen atoms in total. The van der Waals surface area contributed by atoms with Gasteiger partial charge in [-0.05, 0) is 55.5 Å². The summed E-state index contributed by atoms with van der Waals surface area (Å²) in [5.41, 5.74) is 18.2. The highest BCUT2D eigenvalue weighted by Crippen LogP contribution is 2.52. The Bertz CT molecular complexity index is 888. The molecule has 1 aliphatic rings. The second kappa shape index (κ2) is 5.25. The number of hydrogen-bond donors (Lipinski definition) is 2. The maximum Gasteiger partial charge on any atom is 0.0622 e. The molecule has 0 amide bonds. The standard InChI is InChI=1S/C19H17N3S/c1-12-2-6-15(7-3-12)22-16-8-4-14(21)11-19(16)23-18-9-5-13(20)10-17(18)22/h2-11H,20-21H2,1H3. The molecule has 3 aromatic rings. The van der Waals surface area contributed by atoms with Crippen LogP contribution in [0.15, 0.2) is 70.5 Å². The van der Waals surface area contributed by atoms with Gasteiger partial charge < -0.3 is 16.4 Å². The fourth-order valence-electron chi connectivity index (χ4n) is 2.81. The molecule has 0 radical (unpaired) electrons. The zero-order valence-corrected chi connectivity index (χ0v) is 13.6. The van der Waals surface area contributed by atoms with E-state index in [0.29, 0.717) is 0 Å². The van der Waals surface area contributed by atoms with Crippen molar-refractivity contribution in [3.05, 3.63) is 66.2 Å². The second-order valence-corrected chi connectivity index (χ2v) is 6.81. The lowest BCUT2D eigenvalue weighted by molar-refractivity contribution is 1.17. The van der Waals surface area contributed by atoms with Gasteiger partial charge in [0.2, 0.25) is 0 Å². The van der Waals surface area contributed by atoms with E-state index in [1.54, 1.807) is 11.8 Å². The molecular weight excluding hydrogens is 302 g/mol. The first-order valence-electron chi connectivity index (χ1n) is 7.45. The van der Waals surface area contributed by atoms with Crippen LogP contribution in [0.2, 0.25) is 0 Å². The summed E-state index contributed by atoms with van der Waals surface area (Å²) in [6.45, 7) is 2.09. The van der Waals surface area contributed by atoms with Crippen molar-refractivity contribution in [3.63, 3.8) is 0 Å². The highest BCUT2D eigenvalue weighted by Gasteiger charge is 2.25. The topological polar surface area (TPSA) is 55.3 Å². The average Bonchev–Trinajstić information content (AvgIpc) is 2.54. The van der Waals surface area contributed by atoms with Crippen LogP contribution in [-0.4, -0.2) is 0 Å². The van der Waals surface area contributed by atoms with Crippen LogP contribution in [0.4, 0.5) is 28.4 Å². The molecule has 4 rings (SSSR count). The number of nitrogens with zero attached hydrogens (tertiary/aromatic N) is 1. The third-order valence-electron chi connectivity index (χ3n) is 3.96. The summed E-state index contributed by atoms with van der Waals surface area (Å²) in [6.07, 6.45) is 0. The van der Waals surface area contributed by atoms with E-state index >= 15 is 0 Å². The van der Waals surface area contributed by atoms with Gasteiger partial charge in [-0.2, -0.15) is 0 Å². The zero-order chi connectivity index (χ0) is 16.0. The van der Waals surface area contributed by atoms with Crippen LogP contribution in [0, 0.1) is 6.92 Å². The lowest BCUT2D eigenvalue weighted by atomic mass is 10.1. The van der Waals surface area contributed by atoms with Crippen LogP contribution < -0.4 is 16.4 Å². The number of hydrogen-bond acceptors (Lipinski definition) is 4. The van der Waals surface area contributed by atoms with E-state index in [2.05, 4.69) is 48.2 Å². The van der Waals surface area contributed by atoms with E-state index in [4.69, 9.17) is 11.5 Å². The monoisotopic (exact) mass is 319 g/mol. The number of fused-ring (bicyclic) bond motifs is 2. The summed E-state index contributed by atoms with van der Waals surface area (Å²) in [5, 5.41) is 0.